The van der Waals surface area contributed by atoms with Gasteiger partial charge >= 0.3 is 0 Å². The molecule has 1 fully saturated rings. The van der Waals surface area contributed by atoms with Gasteiger partial charge in [0.05, 0.1) is 6.10 Å². The Bertz CT molecular complexity index is 368. The molecular formula is C11H11F3O. The van der Waals surface area contributed by atoms with Gasteiger partial charge in [0.2, 0.25) is 0 Å². The van der Waals surface area contributed by atoms with E-state index in [1.165, 1.54) is 0 Å². The van der Waals surface area contributed by atoms with E-state index in [0.29, 0.717) is 12.0 Å². The largest absolute Gasteiger partial charge is 0.393 e. The lowest BCUT2D eigenvalue weighted by atomic mass is 9.69. The van der Waals surface area contributed by atoms with Gasteiger partial charge in [-0.3, -0.25) is 0 Å². The van der Waals surface area contributed by atoms with Crippen LogP contribution in [0.5, 0.6) is 0 Å². The molecule has 0 saturated heterocycles. The number of rotatable bonds is 1. The molecule has 1 nitrogen and oxygen atoms in total. The van der Waals surface area contributed by atoms with Gasteiger partial charge < -0.3 is 5.11 Å². The minimum absolute atomic E-state index is 0.0331. The monoisotopic (exact) mass is 216 g/mol. The lowest BCUT2D eigenvalue weighted by Crippen LogP contribution is -2.37. The van der Waals surface area contributed by atoms with E-state index in [1.54, 1.807) is 6.92 Å². The topological polar surface area (TPSA) is 20.2 Å². The van der Waals surface area contributed by atoms with Crippen molar-refractivity contribution in [2.24, 2.45) is 5.92 Å². The summed E-state index contributed by atoms with van der Waals surface area (Å²) in [6, 6.07) is 2.01. The molecule has 82 valence electrons. The van der Waals surface area contributed by atoms with Gasteiger partial charge in [-0.1, -0.05) is 6.92 Å². The zero-order chi connectivity index (χ0) is 11.2. The third-order valence-electron chi connectivity index (χ3n) is 3.17. The number of hydrogen-bond acceptors (Lipinski definition) is 1. The van der Waals surface area contributed by atoms with E-state index in [1.807, 2.05) is 0 Å². The summed E-state index contributed by atoms with van der Waals surface area (Å²) in [6.07, 6.45) is 0.0530. The zero-order valence-corrected chi connectivity index (χ0v) is 8.17. The van der Waals surface area contributed by atoms with Crippen molar-refractivity contribution in [2.45, 2.75) is 25.4 Å². The van der Waals surface area contributed by atoms with Crippen LogP contribution in [0.3, 0.4) is 0 Å². The summed E-state index contributed by atoms with van der Waals surface area (Å²) < 4.78 is 38.5. The average Bonchev–Trinajstić information content (AvgIpc) is 2.21. The number of aliphatic hydroxyl groups is 1. The first-order valence-electron chi connectivity index (χ1n) is 4.83. The first kappa shape index (κ1) is 10.5. The van der Waals surface area contributed by atoms with Crippen molar-refractivity contribution in [3.8, 4) is 0 Å². The van der Waals surface area contributed by atoms with Gasteiger partial charge in [-0.15, -0.1) is 0 Å². The van der Waals surface area contributed by atoms with Crippen molar-refractivity contribution >= 4 is 0 Å². The maximum atomic E-state index is 12.9. The first-order valence-corrected chi connectivity index (χ1v) is 4.83. The average molecular weight is 216 g/mol. The molecule has 0 amide bonds. The third-order valence-corrected chi connectivity index (χ3v) is 3.17. The summed E-state index contributed by atoms with van der Waals surface area (Å²) in [6.45, 7) is 1.80. The Labute approximate surface area is 85.5 Å². The molecular weight excluding hydrogens is 205 g/mol. The van der Waals surface area contributed by atoms with Gasteiger partial charge in [-0.05, 0) is 36.0 Å². The van der Waals surface area contributed by atoms with E-state index in [9.17, 15) is 18.3 Å². The maximum Gasteiger partial charge on any atom is 0.194 e. The standard InChI is InChI=1S/C11H11F3O/c1-5-7(4-10(5)15)6-2-8(12)11(14)9(13)3-6/h2-3,5,7,10,15H,4H2,1H3. The molecule has 1 saturated carbocycles. The van der Waals surface area contributed by atoms with Gasteiger partial charge in [0.25, 0.3) is 0 Å². The quantitative estimate of drug-likeness (QED) is 0.715. The fourth-order valence-corrected chi connectivity index (χ4v) is 1.99. The number of hydrogen-bond donors (Lipinski definition) is 1. The number of benzene rings is 1. The molecule has 2 rings (SSSR count). The molecule has 1 aliphatic carbocycles. The zero-order valence-electron chi connectivity index (χ0n) is 8.17. The van der Waals surface area contributed by atoms with Gasteiger partial charge in [0.1, 0.15) is 0 Å². The molecule has 0 bridgehead atoms. The van der Waals surface area contributed by atoms with E-state index in [-0.39, 0.29) is 11.8 Å². The van der Waals surface area contributed by atoms with E-state index in [4.69, 9.17) is 0 Å². The molecule has 0 spiro atoms. The molecule has 4 heteroatoms. The van der Waals surface area contributed by atoms with Crippen LogP contribution in [0.1, 0.15) is 24.8 Å². The predicted molar refractivity (Wildman–Crippen MR) is 48.8 cm³/mol. The molecule has 0 aliphatic heterocycles. The fourth-order valence-electron chi connectivity index (χ4n) is 1.99. The molecule has 1 aromatic rings. The van der Waals surface area contributed by atoms with Gasteiger partial charge in [-0.2, -0.15) is 0 Å². The maximum absolute atomic E-state index is 12.9. The highest BCUT2D eigenvalue weighted by Crippen LogP contribution is 2.42. The summed E-state index contributed by atoms with van der Waals surface area (Å²) in [5.74, 6) is -3.89. The minimum Gasteiger partial charge on any atom is -0.393 e. The Kier molecular flexibility index (Phi) is 2.46. The Morgan fingerprint density at radius 2 is 1.73 bits per heavy atom. The Morgan fingerprint density at radius 3 is 2.13 bits per heavy atom. The predicted octanol–water partition coefficient (Wildman–Crippen LogP) is 2.59. The van der Waals surface area contributed by atoms with Crippen molar-refractivity contribution in [3.05, 3.63) is 35.1 Å². The molecule has 0 heterocycles. The molecule has 15 heavy (non-hydrogen) atoms. The van der Waals surface area contributed by atoms with Crippen LogP contribution in [0, 0.1) is 23.4 Å². The van der Waals surface area contributed by atoms with Crippen LogP contribution >= 0.6 is 0 Å². The van der Waals surface area contributed by atoms with Crippen molar-refractivity contribution in [3.63, 3.8) is 0 Å². The molecule has 3 atom stereocenters. The van der Waals surface area contributed by atoms with Gasteiger partial charge in [0, 0.05) is 0 Å². The summed E-state index contributed by atoms with van der Waals surface area (Å²) in [5.41, 5.74) is 0.421. The van der Waals surface area contributed by atoms with E-state index in [0.717, 1.165) is 12.1 Å². The van der Waals surface area contributed by atoms with Crippen LogP contribution in [0.15, 0.2) is 12.1 Å². The van der Waals surface area contributed by atoms with Gasteiger partial charge in [-0.25, -0.2) is 13.2 Å². The second-order valence-corrected chi connectivity index (χ2v) is 4.07. The van der Waals surface area contributed by atoms with E-state index >= 15 is 0 Å². The minimum atomic E-state index is -1.44. The molecule has 0 aromatic heterocycles. The molecule has 1 aromatic carbocycles. The SMILES string of the molecule is CC1C(O)CC1c1cc(F)c(F)c(F)c1. The Balaban J connectivity index is 2.31. The second-order valence-electron chi connectivity index (χ2n) is 4.07. The van der Waals surface area contributed by atoms with Crippen molar-refractivity contribution in [2.75, 3.05) is 0 Å². The highest BCUT2D eigenvalue weighted by Gasteiger charge is 2.37. The highest BCUT2D eigenvalue weighted by molar-refractivity contribution is 5.26. The normalized spacial score (nSPS) is 30.1. The third kappa shape index (κ3) is 1.63. The summed E-state index contributed by atoms with van der Waals surface area (Å²) in [7, 11) is 0. The van der Waals surface area contributed by atoms with Crippen molar-refractivity contribution in [1.29, 1.82) is 0 Å². The Hall–Kier alpha value is -1.03. The molecule has 1 aliphatic rings. The van der Waals surface area contributed by atoms with E-state index in [2.05, 4.69) is 0 Å². The molecule has 0 radical (unpaired) electrons. The van der Waals surface area contributed by atoms with Crippen LogP contribution in [-0.2, 0) is 0 Å². The summed E-state index contributed by atoms with van der Waals surface area (Å²) >= 11 is 0. The Morgan fingerprint density at radius 1 is 1.20 bits per heavy atom. The van der Waals surface area contributed by atoms with Crippen LogP contribution in [-0.4, -0.2) is 11.2 Å². The van der Waals surface area contributed by atoms with E-state index < -0.39 is 23.6 Å². The number of aliphatic hydroxyl groups excluding tert-OH is 1. The second kappa shape index (κ2) is 3.52. The van der Waals surface area contributed by atoms with Crippen LogP contribution < -0.4 is 0 Å². The van der Waals surface area contributed by atoms with Crippen molar-refractivity contribution < 1.29 is 18.3 Å². The van der Waals surface area contributed by atoms with Crippen LogP contribution in [0.25, 0.3) is 0 Å². The summed E-state index contributed by atoms with van der Waals surface area (Å²) in [5, 5.41) is 9.28. The molecule has 1 N–H and O–H groups in total. The lowest BCUT2D eigenvalue weighted by Gasteiger charge is -2.39. The lowest BCUT2D eigenvalue weighted by molar-refractivity contribution is 0.0115. The first-order chi connectivity index (χ1) is 7.00. The van der Waals surface area contributed by atoms with Crippen LogP contribution in [0.2, 0.25) is 0 Å². The highest BCUT2D eigenvalue weighted by atomic mass is 19.2. The number of halogens is 3. The van der Waals surface area contributed by atoms with Gasteiger partial charge in [0.15, 0.2) is 17.5 Å². The molecule has 3 unspecified atom stereocenters. The smallest absolute Gasteiger partial charge is 0.194 e. The fraction of sp³-hybridized carbons (Fsp3) is 0.455. The summed E-state index contributed by atoms with van der Waals surface area (Å²) in [4.78, 5) is 0. The van der Waals surface area contributed by atoms with Crippen molar-refractivity contribution in [1.82, 2.24) is 0 Å². The van der Waals surface area contributed by atoms with Crippen LogP contribution in [0.4, 0.5) is 13.2 Å².